The largest absolute Gasteiger partial charge is 0.469 e. The number of hydrogen-bond acceptors (Lipinski definition) is 7. The average molecular weight is 476 g/mol. The number of carbonyl (C=O) groups excluding carboxylic acids is 3. The predicted molar refractivity (Wildman–Crippen MR) is 128 cm³/mol. The summed E-state index contributed by atoms with van der Waals surface area (Å²) in [6, 6.07) is 12.6. The second kappa shape index (κ2) is 13.3. The number of anilines is 2. The van der Waals surface area contributed by atoms with Crippen LogP contribution in [0, 0.1) is 0 Å². The van der Waals surface area contributed by atoms with Crippen LogP contribution >= 0.6 is 11.6 Å². The van der Waals surface area contributed by atoms with Crippen LogP contribution in [0.3, 0.4) is 0 Å². The standard InChI is InChI=1S/C23H30ClN5O4/c1-29(22(31)10-11-26-18-12-19(24)28-20(25)13-18)15-21(30)27-17(14-23(32)33-2)9-8-16-6-4-3-5-7-16/h3-7,12-13,17H,8-11,14-15H2,1-2H3,(H,27,30)(H3,25,26,28). The molecule has 0 radical (unpaired) electrons. The van der Waals surface area contributed by atoms with Crippen molar-refractivity contribution in [2.45, 2.75) is 31.7 Å². The SMILES string of the molecule is COC(=O)CC(CCc1ccccc1)NC(=O)CN(C)C(=O)CCNc1cc(N)nc(Cl)c1. The quantitative estimate of drug-likeness (QED) is 0.317. The summed E-state index contributed by atoms with van der Waals surface area (Å²) in [7, 11) is 2.87. The van der Waals surface area contributed by atoms with E-state index in [4.69, 9.17) is 22.1 Å². The summed E-state index contributed by atoms with van der Waals surface area (Å²) in [4.78, 5) is 41.9. The molecule has 10 heteroatoms. The molecule has 9 nitrogen and oxygen atoms in total. The lowest BCUT2D eigenvalue weighted by Crippen LogP contribution is -2.44. The zero-order valence-corrected chi connectivity index (χ0v) is 19.6. The van der Waals surface area contributed by atoms with Gasteiger partial charge >= 0.3 is 5.97 Å². The molecule has 1 aromatic heterocycles. The summed E-state index contributed by atoms with van der Waals surface area (Å²) in [5.74, 6) is -0.673. The topological polar surface area (TPSA) is 127 Å². The Morgan fingerprint density at radius 1 is 1.21 bits per heavy atom. The summed E-state index contributed by atoms with van der Waals surface area (Å²) in [6.07, 6.45) is 1.51. The van der Waals surface area contributed by atoms with Gasteiger partial charge in [0.25, 0.3) is 0 Å². The number of esters is 1. The number of amides is 2. The van der Waals surface area contributed by atoms with Crippen molar-refractivity contribution in [2.75, 3.05) is 38.3 Å². The summed E-state index contributed by atoms with van der Waals surface area (Å²) in [5, 5.41) is 6.16. The van der Waals surface area contributed by atoms with Crippen molar-refractivity contribution in [1.29, 1.82) is 0 Å². The van der Waals surface area contributed by atoms with Gasteiger partial charge in [-0.05, 0) is 24.5 Å². The highest BCUT2D eigenvalue weighted by molar-refractivity contribution is 6.29. The average Bonchev–Trinajstić information content (AvgIpc) is 2.77. The normalized spacial score (nSPS) is 11.4. The van der Waals surface area contributed by atoms with Crippen molar-refractivity contribution in [1.82, 2.24) is 15.2 Å². The molecule has 1 heterocycles. The first-order valence-corrected chi connectivity index (χ1v) is 11.0. The minimum Gasteiger partial charge on any atom is -0.469 e. The van der Waals surface area contributed by atoms with E-state index < -0.39 is 12.0 Å². The van der Waals surface area contributed by atoms with Gasteiger partial charge in [-0.3, -0.25) is 14.4 Å². The zero-order chi connectivity index (χ0) is 24.2. The van der Waals surface area contributed by atoms with E-state index in [1.165, 1.54) is 12.0 Å². The van der Waals surface area contributed by atoms with Gasteiger partial charge in [0.1, 0.15) is 11.0 Å². The summed E-state index contributed by atoms with van der Waals surface area (Å²) in [6.45, 7) is 0.225. The van der Waals surface area contributed by atoms with Crippen molar-refractivity contribution in [3.63, 3.8) is 0 Å². The van der Waals surface area contributed by atoms with Crippen LogP contribution in [0.15, 0.2) is 42.5 Å². The number of nitrogens with one attached hydrogen (secondary N) is 2. The van der Waals surface area contributed by atoms with Gasteiger partial charge in [0.05, 0.1) is 20.1 Å². The van der Waals surface area contributed by atoms with Gasteiger partial charge in [0.2, 0.25) is 11.8 Å². The van der Waals surface area contributed by atoms with Crippen LogP contribution in [0.5, 0.6) is 0 Å². The highest BCUT2D eigenvalue weighted by atomic mass is 35.5. The lowest BCUT2D eigenvalue weighted by Gasteiger charge is -2.21. The Labute approximate surface area is 198 Å². The molecule has 2 amide bonds. The maximum absolute atomic E-state index is 12.5. The van der Waals surface area contributed by atoms with Gasteiger partial charge < -0.3 is 26.0 Å². The molecule has 0 aliphatic heterocycles. The lowest BCUT2D eigenvalue weighted by molar-refractivity contribution is -0.141. The van der Waals surface area contributed by atoms with Crippen LogP contribution < -0.4 is 16.4 Å². The van der Waals surface area contributed by atoms with Gasteiger partial charge in [-0.1, -0.05) is 41.9 Å². The third-order valence-electron chi connectivity index (χ3n) is 4.92. The van der Waals surface area contributed by atoms with Crippen molar-refractivity contribution < 1.29 is 19.1 Å². The molecule has 0 bridgehead atoms. The Kier molecular flexibility index (Phi) is 10.4. The number of nitrogens with two attached hydrogens (primary N) is 1. The second-order valence-electron chi connectivity index (χ2n) is 7.60. The Morgan fingerprint density at radius 3 is 2.61 bits per heavy atom. The Bertz CT molecular complexity index is 921. The Morgan fingerprint density at radius 2 is 1.94 bits per heavy atom. The number of hydrogen-bond donors (Lipinski definition) is 3. The van der Waals surface area contributed by atoms with E-state index in [0.29, 0.717) is 25.1 Å². The molecule has 2 rings (SSSR count). The van der Waals surface area contributed by atoms with E-state index in [-0.39, 0.29) is 42.2 Å². The number of ether oxygens (including phenoxy) is 1. The van der Waals surface area contributed by atoms with E-state index in [9.17, 15) is 14.4 Å². The van der Waals surface area contributed by atoms with Gasteiger partial charge in [-0.15, -0.1) is 0 Å². The molecule has 1 aromatic carbocycles. The maximum atomic E-state index is 12.5. The monoisotopic (exact) mass is 475 g/mol. The molecule has 0 fully saturated rings. The number of benzene rings is 1. The first-order valence-electron chi connectivity index (χ1n) is 10.6. The number of nitrogens with zero attached hydrogens (tertiary/aromatic N) is 2. The number of rotatable bonds is 12. The summed E-state index contributed by atoms with van der Waals surface area (Å²) < 4.78 is 4.75. The fourth-order valence-corrected chi connectivity index (χ4v) is 3.41. The van der Waals surface area contributed by atoms with E-state index in [2.05, 4.69) is 15.6 Å². The van der Waals surface area contributed by atoms with Gasteiger partial charge in [-0.25, -0.2) is 4.98 Å². The van der Waals surface area contributed by atoms with E-state index in [1.54, 1.807) is 19.2 Å². The van der Waals surface area contributed by atoms with Gasteiger partial charge in [0, 0.05) is 37.8 Å². The third-order valence-corrected chi connectivity index (χ3v) is 5.11. The molecule has 0 spiro atoms. The van der Waals surface area contributed by atoms with E-state index in [0.717, 1.165) is 5.56 Å². The first kappa shape index (κ1) is 25.9. The number of likely N-dealkylation sites (N-methyl/N-ethyl adjacent to an activating group) is 1. The molecule has 1 atom stereocenters. The van der Waals surface area contributed by atoms with Gasteiger partial charge in [0.15, 0.2) is 0 Å². The van der Waals surface area contributed by atoms with E-state index in [1.807, 2.05) is 30.3 Å². The third kappa shape index (κ3) is 9.78. The smallest absolute Gasteiger partial charge is 0.307 e. The number of carbonyl (C=O) groups is 3. The number of methoxy groups -OCH3 is 1. The summed E-state index contributed by atoms with van der Waals surface area (Å²) in [5.41, 5.74) is 7.41. The van der Waals surface area contributed by atoms with Crippen molar-refractivity contribution in [2.24, 2.45) is 0 Å². The maximum Gasteiger partial charge on any atom is 0.307 e. The van der Waals surface area contributed by atoms with Crippen LogP contribution in [-0.4, -0.2) is 61.0 Å². The highest BCUT2D eigenvalue weighted by Gasteiger charge is 2.19. The number of halogens is 1. The number of pyridine rings is 1. The lowest BCUT2D eigenvalue weighted by atomic mass is 10.0. The first-order chi connectivity index (χ1) is 15.8. The van der Waals surface area contributed by atoms with Crippen LogP contribution in [-0.2, 0) is 25.5 Å². The molecular weight excluding hydrogens is 446 g/mol. The molecule has 0 aliphatic carbocycles. The molecule has 4 N–H and O–H groups in total. The summed E-state index contributed by atoms with van der Waals surface area (Å²) >= 11 is 5.86. The minimum absolute atomic E-state index is 0.0638. The number of aryl methyl sites for hydroxylation is 1. The molecular formula is C23H30ClN5O4. The van der Waals surface area contributed by atoms with Crippen molar-refractivity contribution in [3.05, 3.63) is 53.2 Å². The minimum atomic E-state index is -0.402. The molecule has 0 saturated carbocycles. The Balaban J connectivity index is 1.81. The van der Waals surface area contributed by atoms with Crippen LogP contribution in [0.1, 0.15) is 24.8 Å². The molecule has 0 saturated heterocycles. The van der Waals surface area contributed by atoms with Crippen LogP contribution in [0.25, 0.3) is 0 Å². The molecule has 178 valence electrons. The molecule has 33 heavy (non-hydrogen) atoms. The number of aromatic nitrogens is 1. The van der Waals surface area contributed by atoms with Crippen molar-refractivity contribution >= 4 is 40.9 Å². The zero-order valence-electron chi connectivity index (χ0n) is 18.8. The fraction of sp³-hybridized carbons (Fsp3) is 0.391. The highest BCUT2D eigenvalue weighted by Crippen LogP contribution is 2.16. The van der Waals surface area contributed by atoms with Crippen LogP contribution in [0.4, 0.5) is 11.5 Å². The van der Waals surface area contributed by atoms with E-state index >= 15 is 0 Å². The fourth-order valence-electron chi connectivity index (χ4n) is 3.20. The molecule has 2 aromatic rings. The second-order valence-corrected chi connectivity index (χ2v) is 7.99. The van der Waals surface area contributed by atoms with Crippen molar-refractivity contribution in [3.8, 4) is 0 Å². The van der Waals surface area contributed by atoms with Crippen LogP contribution in [0.2, 0.25) is 5.15 Å². The molecule has 1 unspecified atom stereocenters. The Hall–Kier alpha value is -3.33. The predicted octanol–water partition coefficient (Wildman–Crippen LogP) is 2.26. The molecule has 0 aliphatic rings. The van der Waals surface area contributed by atoms with Gasteiger partial charge in [-0.2, -0.15) is 0 Å². The number of nitrogen functional groups attached to an aromatic ring is 1.